The number of rotatable bonds is 2. The van der Waals surface area contributed by atoms with E-state index in [-0.39, 0.29) is 19.7 Å². The quantitative estimate of drug-likeness (QED) is 0.671. The predicted molar refractivity (Wildman–Crippen MR) is 118 cm³/mol. The summed E-state index contributed by atoms with van der Waals surface area (Å²) in [7, 11) is 0. The second kappa shape index (κ2) is 9.09. The minimum Gasteiger partial charge on any atom is -0.444 e. The molecule has 2 fully saturated rings. The van der Waals surface area contributed by atoms with Crippen LogP contribution in [0.25, 0.3) is 0 Å². The predicted octanol–water partition coefficient (Wildman–Crippen LogP) is 3.14. The summed E-state index contributed by atoms with van der Waals surface area (Å²) in [4.78, 5) is 40.1. The first-order valence-corrected chi connectivity index (χ1v) is 10.9. The summed E-state index contributed by atoms with van der Waals surface area (Å²) < 4.78 is 16.4. The van der Waals surface area contributed by atoms with Crippen molar-refractivity contribution in [2.24, 2.45) is 0 Å². The van der Waals surface area contributed by atoms with Gasteiger partial charge in [0.05, 0.1) is 25.2 Å². The van der Waals surface area contributed by atoms with Crippen molar-refractivity contribution < 1.29 is 33.7 Å². The van der Waals surface area contributed by atoms with Gasteiger partial charge in [0.2, 0.25) is 0 Å². The number of hydrogen-bond donors (Lipinski definition) is 1. The molecule has 3 unspecified atom stereocenters. The molecule has 0 spiro atoms. The Kier molecular flexibility index (Phi) is 6.78. The Hall–Kier alpha value is -3.01. The first-order chi connectivity index (χ1) is 15.3. The summed E-state index contributed by atoms with van der Waals surface area (Å²) in [5.74, 6) is 0. The molecule has 0 radical (unpaired) electrons. The van der Waals surface area contributed by atoms with Gasteiger partial charge in [-0.1, -0.05) is 30.3 Å². The molecular formula is C23H33N3O7. The van der Waals surface area contributed by atoms with Gasteiger partial charge in [0.25, 0.3) is 0 Å². The van der Waals surface area contributed by atoms with E-state index in [9.17, 15) is 19.5 Å². The van der Waals surface area contributed by atoms with Crippen LogP contribution in [0, 0.1) is 0 Å². The van der Waals surface area contributed by atoms with Crippen molar-refractivity contribution in [1.29, 1.82) is 0 Å². The topological polar surface area (TPSA) is 109 Å². The maximum absolute atomic E-state index is 13.1. The number of likely N-dealkylation sites (tertiary alicyclic amines) is 1. The van der Waals surface area contributed by atoms with Crippen LogP contribution in [0.5, 0.6) is 0 Å². The zero-order valence-electron chi connectivity index (χ0n) is 20.0. The molecule has 3 amide bonds. The molecular weight excluding hydrogens is 430 g/mol. The van der Waals surface area contributed by atoms with Crippen LogP contribution in [0.4, 0.5) is 14.4 Å². The Labute approximate surface area is 193 Å². The van der Waals surface area contributed by atoms with E-state index >= 15 is 0 Å². The van der Waals surface area contributed by atoms with E-state index in [4.69, 9.17) is 14.2 Å². The summed E-state index contributed by atoms with van der Waals surface area (Å²) in [6.45, 7) is 10.3. The van der Waals surface area contributed by atoms with Gasteiger partial charge in [-0.15, -0.1) is 0 Å². The zero-order chi connectivity index (χ0) is 24.6. The number of benzene rings is 1. The molecule has 3 atom stereocenters. The van der Waals surface area contributed by atoms with Crippen molar-refractivity contribution in [3.05, 3.63) is 35.9 Å². The van der Waals surface area contributed by atoms with Crippen molar-refractivity contribution >= 4 is 18.3 Å². The Balaban J connectivity index is 1.84. The SMILES string of the molecule is CC(C)(C)OC(=O)N1CC(O)C2C1CN(C(=O)OC(C)(C)C)N2C(=O)OCc1ccccc1. The lowest BCUT2D eigenvalue weighted by molar-refractivity contribution is -0.0518. The first kappa shape index (κ1) is 24.6. The number of nitrogens with zero attached hydrogens (tertiary/aromatic N) is 3. The van der Waals surface area contributed by atoms with Gasteiger partial charge in [-0.25, -0.2) is 24.4 Å². The van der Waals surface area contributed by atoms with Crippen LogP contribution in [0.1, 0.15) is 47.1 Å². The van der Waals surface area contributed by atoms with Gasteiger partial charge in [0.15, 0.2) is 0 Å². The largest absolute Gasteiger partial charge is 0.444 e. The average molecular weight is 464 g/mol. The van der Waals surface area contributed by atoms with Crippen molar-refractivity contribution in [3.8, 4) is 0 Å². The second-order valence-corrected chi connectivity index (χ2v) is 10.2. The highest BCUT2D eigenvalue weighted by Crippen LogP contribution is 2.34. The van der Waals surface area contributed by atoms with Gasteiger partial charge in [-0.3, -0.25) is 4.90 Å². The third kappa shape index (κ3) is 5.87. The van der Waals surface area contributed by atoms with Crippen LogP contribution in [0.15, 0.2) is 30.3 Å². The molecule has 1 aromatic carbocycles. The number of carbonyl (C=O) groups is 3. The monoisotopic (exact) mass is 463 g/mol. The van der Waals surface area contributed by atoms with E-state index in [1.165, 1.54) is 4.90 Å². The first-order valence-electron chi connectivity index (χ1n) is 10.9. The van der Waals surface area contributed by atoms with E-state index in [1.54, 1.807) is 53.7 Å². The van der Waals surface area contributed by atoms with E-state index < -0.39 is 47.7 Å². The van der Waals surface area contributed by atoms with Gasteiger partial charge >= 0.3 is 18.3 Å². The fourth-order valence-electron chi connectivity index (χ4n) is 3.86. The highest BCUT2D eigenvalue weighted by molar-refractivity contribution is 5.77. The lowest BCUT2D eigenvalue weighted by Gasteiger charge is -2.33. The molecule has 10 nitrogen and oxygen atoms in total. The van der Waals surface area contributed by atoms with Crippen molar-refractivity contribution in [2.45, 2.75) is 77.5 Å². The summed E-state index contributed by atoms with van der Waals surface area (Å²) in [6, 6.07) is 7.55. The smallest absolute Gasteiger partial charge is 0.429 e. The van der Waals surface area contributed by atoms with Gasteiger partial charge < -0.3 is 19.3 Å². The fraction of sp³-hybridized carbons (Fsp3) is 0.609. The minimum atomic E-state index is -1.10. The zero-order valence-corrected chi connectivity index (χ0v) is 20.0. The molecule has 33 heavy (non-hydrogen) atoms. The van der Waals surface area contributed by atoms with Crippen LogP contribution in [-0.4, -0.2) is 80.8 Å². The Morgan fingerprint density at radius 3 is 2.06 bits per heavy atom. The highest BCUT2D eigenvalue weighted by Gasteiger charge is 2.58. The number of β-amino-alcohol motifs (C(OH)–C–C–N with tert-alkyl or cyclic N) is 1. The summed E-state index contributed by atoms with van der Waals surface area (Å²) in [5.41, 5.74) is -0.775. The number of carbonyl (C=O) groups excluding carboxylic acids is 3. The van der Waals surface area contributed by atoms with Gasteiger partial charge in [0, 0.05) is 0 Å². The van der Waals surface area contributed by atoms with E-state index in [0.717, 1.165) is 15.6 Å². The van der Waals surface area contributed by atoms with Crippen molar-refractivity contribution in [3.63, 3.8) is 0 Å². The van der Waals surface area contributed by atoms with E-state index in [0.29, 0.717) is 0 Å². The molecule has 3 rings (SSSR count). The van der Waals surface area contributed by atoms with Gasteiger partial charge in [-0.05, 0) is 47.1 Å². The fourth-order valence-corrected chi connectivity index (χ4v) is 3.86. The van der Waals surface area contributed by atoms with Crippen molar-refractivity contribution in [2.75, 3.05) is 13.1 Å². The molecule has 2 aliphatic heterocycles. The lowest BCUT2D eigenvalue weighted by Crippen LogP contribution is -2.53. The second-order valence-electron chi connectivity index (χ2n) is 10.2. The molecule has 1 N–H and O–H groups in total. The standard InChI is InChI=1S/C23H33N3O7/c1-22(2,3)32-19(28)24-13-17(27)18-16(24)12-25(20(29)33-23(4,5)6)26(18)21(30)31-14-15-10-8-7-9-11-15/h7-11,16-18,27H,12-14H2,1-6H3. The lowest BCUT2D eigenvalue weighted by atomic mass is 10.1. The number of fused-ring (bicyclic) bond motifs is 1. The molecule has 0 aliphatic carbocycles. The Morgan fingerprint density at radius 1 is 0.909 bits per heavy atom. The summed E-state index contributed by atoms with van der Waals surface area (Å²) >= 11 is 0. The van der Waals surface area contributed by atoms with E-state index in [2.05, 4.69) is 0 Å². The molecule has 2 heterocycles. The molecule has 0 bridgehead atoms. The molecule has 2 aliphatic rings. The minimum absolute atomic E-state index is 0.0123. The number of aliphatic hydroxyl groups excluding tert-OH is 1. The highest BCUT2D eigenvalue weighted by atomic mass is 16.6. The molecule has 2 saturated heterocycles. The van der Waals surface area contributed by atoms with Gasteiger partial charge in [-0.2, -0.15) is 0 Å². The van der Waals surface area contributed by atoms with Crippen molar-refractivity contribution in [1.82, 2.24) is 14.9 Å². The third-order valence-corrected chi connectivity index (χ3v) is 5.10. The van der Waals surface area contributed by atoms with Crippen LogP contribution >= 0.6 is 0 Å². The number of amides is 3. The molecule has 10 heteroatoms. The molecule has 1 aromatic rings. The van der Waals surface area contributed by atoms with Crippen LogP contribution < -0.4 is 0 Å². The number of aliphatic hydroxyl groups is 1. The van der Waals surface area contributed by atoms with Crippen LogP contribution in [0.2, 0.25) is 0 Å². The normalized spacial score (nSPS) is 22.8. The number of hydrogen-bond acceptors (Lipinski definition) is 7. The molecule has 182 valence electrons. The number of ether oxygens (including phenoxy) is 3. The Bertz CT molecular complexity index is 878. The number of hydrazine groups is 1. The maximum Gasteiger partial charge on any atom is 0.429 e. The van der Waals surface area contributed by atoms with Gasteiger partial charge in [0.1, 0.15) is 23.9 Å². The van der Waals surface area contributed by atoms with Crippen LogP contribution in [-0.2, 0) is 20.8 Å². The Morgan fingerprint density at radius 2 is 1.48 bits per heavy atom. The third-order valence-electron chi connectivity index (χ3n) is 5.10. The molecule has 0 aromatic heterocycles. The van der Waals surface area contributed by atoms with Crippen LogP contribution in [0.3, 0.4) is 0 Å². The maximum atomic E-state index is 13.1. The summed E-state index contributed by atoms with van der Waals surface area (Å²) in [6.07, 6.45) is -3.32. The van der Waals surface area contributed by atoms with E-state index in [1.807, 2.05) is 18.2 Å². The summed E-state index contributed by atoms with van der Waals surface area (Å²) in [5, 5.41) is 12.9. The average Bonchev–Trinajstić information content (AvgIpc) is 3.22. The molecule has 0 saturated carbocycles.